The van der Waals surface area contributed by atoms with Crippen molar-refractivity contribution < 1.29 is 27.8 Å². The van der Waals surface area contributed by atoms with Crippen LogP contribution < -0.4 is 9.80 Å². The van der Waals surface area contributed by atoms with E-state index in [2.05, 4.69) is 10.00 Å². The Morgan fingerprint density at radius 1 is 1.11 bits per heavy atom. The Morgan fingerprint density at radius 2 is 1.78 bits per heavy atom. The van der Waals surface area contributed by atoms with Crippen LogP contribution >= 0.6 is 0 Å². The first kappa shape index (κ1) is 25.2. The number of halogens is 3. The fraction of sp³-hybridized carbons (Fsp3) is 0.500. The number of amides is 1. The van der Waals surface area contributed by atoms with E-state index in [0.29, 0.717) is 75.0 Å². The number of aromatic nitrogens is 4. The number of fused-ring (bicyclic) bond motifs is 1. The minimum Gasteiger partial charge on any atom is -0.465 e. The lowest BCUT2D eigenvalue weighted by Crippen LogP contribution is -2.40. The van der Waals surface area contributed by atoms with Gasteiger partial charge in [0.05, 0.1) is 37.4 Å². The van der Waals surface area contributed by atoms with Crippen LogP contribution in [0.2, 0.25) is 0 Å². The van der Waals surface area contributed by atoms with Crippen LogP contribution in [0.1, 0.15) is 18.9 Å². The third-order valence-electron chi connectivity index (χ3n) is 6.85. The molecule has 2 aliphatic heterocycles. The van der Waals surface area contributed by atoms with Gasteiger partial charge in [-0.1, -0.05) is 0 Å². The quantitative estimate of drug-likeness (QED) is 0.546. The first-order valence-electron chi connectivity index (χ1n) is 12.1. The number of carboxylic acid groups (broad SMARTS) is 1. The number of likely N-dealkylation sites (tertiary alicyclic amines) is 1. The number of alkyl halides is 3. The number of hydrogen-bond donors (Lipinski definition) is 1. The van der Waals surface area contributed by atoms with E-state index in [1.165, 1.54) is 11.9 Å². The third-order valence-corrected chi connectivity index (χ3v) is 6.85. The summed E-state index contributed by atoms with van der Waals surface area (Å²) in [5.74, 6) is 1.20. The molecule has 0 unspecified atom stereocenters. The van der Waals surface area contributed by atoms with Gasteiger partial charge in [0.25, 0.3) is 0 Å². The molecule has 1 amide bonds. The largest absolute Gasteiger partial charge is 0.465 e. The van der Waals surface area contributed by atoms with Crippen molar-refractivity contribution in [2.45, 2.75) is 25.1 Å². The van der Waals surface area contributed by atoms with Gasteiger partial charge in [-0.05, 0) is 37.1 Å². The highest BCUT2D eigenvalue weighted by atomic mass is 19.4. The summed E-state index contributed by atoms with van der Waals surface area (Å²) in [7, 11) is 1.47. The second kappa shape index (κ2) is 10.1. The summed E-state index contributed by atoms with van der Waals surface area (Å²) in [5.41, 5.74) is 1.86. The monoisotopic (exact) mass is 519 g/mol. The van der Waals surface area contributed by atoms with Crippen molar-refractivity contribution in [3.8, 4) is 11.4 Å². The third kappa shape index (κ3) is 5.47. The van der Waals surface area contributed by atoms with Crippen LogP contribution in [-0.2, 0) is 4.74 Å². The highest BCUT2D eigenvalue weighted by Gasteiger charge is 2.33. The molecule has 2 aliphatic rings. The normalized spacial score (nSPS) is 17.9. The van der Waals surface area contributed by atoms with Gasteiger partial charge >= 0.3 is 12.3 Å². The molecule has 0 spiro atoms. The molecule has 0 aliphatic carbocycles. The van der Waals surface area contributed by atoms with E-state index < -0.39 is 18.8 Å². The molecule has 5 rings (SSSR count). The molecule has 0 atom stereocenters. The fourth-order valence-corrected chi connectivity index (χ4v) is 4.84. The van der Waals surface area contributed by atoms with E-state index in [0.717, 1.165) is 16.1 Å². The average Bonchev–Trinajstić information content (AvgIpc) is 3.32. The molecule has 0 bridgehead atoms. The van der Waals surface area contributed by atoms with Gasteiger partial charge in [0.1, 0.15) is 5.82 Å². The van der Waals surface area contributed by atoms with Crippen molar-refractivity contribution in [1.29, 1.82) is 0 Å². The van der Waals surface area contributed by atoms with Crippen molar-refractivity contribution in [3.63, 3.8) is 0 Å². The number of ether oxygens (including phenoxy) is 1. The Bertz CT molecular complexity index is 1250. The van der Waals surface area contributed by atoms with Gasteiger partial charge in [-0.25, -0.2) is 19.4 Å². The van der Waals surface area contributed by atoms with Gasteiger partial charge in [0.2, 0.25) is 0 Å². The van der Waals surface area contributed by atoms with Crippen molar-refractivity contribution >= 4 is 28.6 Å². The summed E-state index contributed by atoms with van der Waals surface area (Å²) in [6.45, 7) is 2.23. The Morgan fingerprint density at radius 3 is 2.41 bits per heavy atom. The summed E-state index contributed by atoms with van der Waals surface area (Å²) in [4.78, 5) is 25.6. The van der Waals surface area contributed by atoms with Gasteiger partial charge < -0.3 is 14.7 Å². The average molecular weight is 520 g/mol. The highest BCUT2D eigenvalue weighted by Crippen LogP contribution is 2.33. The number of rotatable bonds is 5. The molecular formula is C24H28F3N7O3. The lowest BCUT2D eigenvalue weighted by atomic mass is 10.1. The molecule has 37 heavy (non-hydrogen) atoms. The summed E-state index contributed by atoms with van der Waals surface area (Å²) in [6.07, 6.45) is -2.47. The minimum absolute atomic E-state index is 0.0751. The summed E-state index contributed by atoms with van der Waals surface area (Å²) >= 11 is 0. The van der Waals surface area contributed by atoms with Crippen LogP contribution in [0.4, 0.5) is 29.5 Å². The van der Waals surface area contributed by atoms with E-state index >= 15 is 0 Å². The number of morpholine rings is 1. The summed E-state index contributed by atoms with van der Waals surface area (Å²) in [5, 5.41) is 14.6. The van der Waals surface area contributed by atoms with E-state index in [9.17, 15) is 23.1 Å². The second-order valence-electron chi connectivity index (χ2n) is 9.31. The maximum atomic E-state index is 12.8. The molecule has 4 heterocycles. The smallest absolute Gasteiger partial charge is 0.411 e. The Hall–Kier alpha value is -3.45. The van der Waals surface area contributed by atoms with Gasteiger partial charge in [-0.3, -0.25) is 9.80 Å². The van der Waals surface area contributed by atoms with Crippen molar-refractivity contribution in [2.24, 2.45) is 0 Å². The zero-order chi connectivity index (χ0) is 26.2. The van der Waals surface area contributed by atoms with E-state index in [1.54, 1.807) is 30.5 Å². The molecule has 0 radical (unpaired) electrons. The van der Waals surface area contributed by atoms with Crippen LogP contribution in [0.25, 0.3) is 22.4 Å². The second-order valence-corrected chi connectivity index (χ2v) is 9.31. The molecule has 1 aromatic carbocycles. The predicted octanol–water partition coefficient (Wildman–Crippen LogP) is 3.64. The van der Waals surface area contributed by atoms with Gasteiger partial charge in [-0.2, -0.15) is 18.3 Å². The molecule has 1 N–H and O–H groups in total. The van der Waals surface area contributed by atoms with Crippen molar-refractivity contribution in [2.75, 3.05) is 62.8 Å². The topological polar surface area (TPSA) is 99.8 Å². The van der Waals surface area contributed by atoms with Gasteiger partial charge in [0.15, 0.2) is 11.5 Å². The molecule has 0 saturated carbocycles. The Kier molecular flexibility index (Phi) is 6.90. The number of piperidine rings is 1. The zero-order valence-corrected chi connectivity index (χ0v) is 20.4. The lowest BCUT2D eigenvalue weighted by molar-refractivity contribution is -0.148. The molecule has 2 aromatic heterocycles. The first-order valence-corrected chi connectivity index (χ1v) is 12.1. The van der Waals surface area contributed by atoms with Crippen molar-refractivity contribution in [1.82, 2.24) is 24.6 Å². The molecule has 2 saturated heterocycles. The Balaban J connectivity index is 1.49. The number of hydrogen-bond acceptors (Lipinski definition) is 7. The highest BCUT2D eigenvalue weighted by molar-refractivity contribution is 5.89. The maximum Gasteiger partial charge on any atom is 0.411 e. The van der Waals surface area contributed by atoms with E-state index in [-0.39, 0.29) is 6.04 Å². The zero-order valence-electron chi connectivity index (χ0n) is 20.4. The predicted molar refractivity (Wildman–Crippen MR) is 131 cm³/mol. The maximum absolute atomic E-state index is 12.8. The lowest BCUT2D eigenvalue weighted by Gasteiger charge is -2.32. The van der Waals surface area contributed by atoms with E-state index in [1.807, 2.05) is 4.68 Å². The van der Waals surface area contributed by atoms with Crippen LogP contribution in [0.15, 0.2) is 30.5 Å². The molecule has 2 fully saturated rings. The molecule has 3 aromatic rings. The molecule has 198 valence electrons. The van der Waals surface area contributed by atoms with Crippen molar-refractivity contribution in [3.05, 3.63) is 30.5 Å². The van der Waals surface area contributed by atoms with Crippen LogP contribution in [0.5, 0.6) is 0 Å². The minimum atomic E-state index is -4.21. The molecule has 10 nitrogen and oxygen atoms in total. The van der Waals surface area contributed by atoms with Gasteiger partial charge in [-0.15, -0.1) is 0 Å². The van der Waals surface area contributed by atoms with Crippen LogP contribution in [-0.4, -0.2) is 95.0 Å². The standard InChI is InChI=1S/C24H28F3N7O3/c1-31(23(35)36)17-4-2-16(3-5-17)20-29-21(33-10-12-37-13-11-33)19-14-28-34(22(19)30-20)18-6-8-32(9-7-18)15-24(25,26)27/h2-5,14,18H,6-13,15H2,1H3,(H,35,36). The molecular weight excluding hydrogens is 491 g/mol. The molecule has 13 heteroatoms. The SMILES string of the molecule is CN(C(=O)O)c1ccc(-c2nc(N3CCOCC3)c3cnn(C4CCN(CC(F)(F)F)CC4)c3n2)cc1. The fourth-order valence-electron chi connectivity index (χ4n) is 4.84. The number of anilines is 2. The van der Waals surface area contributed by atoms with E-state index in [4.69, 9.17) is 14.7 Å². The number of nitrogens with zero attached hydrogens (tertiary/aromatic N) is 7. The number of carbonyl (C=O) groups is 1. The number of benzene rings is 1. The van der Waals surface area contributed by atoms with Crippen LogP contribution in [0.3, 0.4) is 0 Å². The summed E-state index contributed by atoms with van der Waals surface area (Å²) in [6, 6.07) is 6.86. The first-order chi connectivity index (χ1) is 17.7. The van der Waals surface area contributed by atoms with Gasteiger partial charge in [0, 0.05) is 44.5 Å². The Labute approximate surface area is 211 Å². The van der Waals surface area contributed by atoms with Crippen LogP contribution in [0, 0.1) is 0 Å². The summed E-state index contributed by atoms with van der Waals surface area (Å²) < 4.78 is 45.8.